The third kappa shape index (κ3) is 5.16. The molecule has 0 spiro atoms. The van der Waals surface area contributed by atoms with Crippen molar-refractivity contribution in [2.45, 2.75) is 19.8 Å². The molecule has 0 atom stereocenters. The van der Waals surface area contributed by atoms with Gasteiger partial charge in [0.1, 0.15) is 22.8 Å². The number of nitrogens with zero attached hydrogens (tertiary/aromatic N) is 4. The maximum Gasteiger partial charge on any atom is 0.338 e. The fraction of sp³-hybridized carbons (Fsp3) is 0.345. The summed E-state index contributed by atoms with van der Waals surface area (Å²) in [4.78, 5) is 19.6. The largest absolute Gasteiger partial charge is 0.496 e. The van der Waals surface area contributed by atoms with Crippen molar-refractivity contribution in [1.82, 2.24) is 14.6 Å². The molecule has 0 amide bonds. The number of fused-ring (bicyclic) bond motifs is 2. The second kappa shape index (κ2) is 11.1. The standard InChI is InChI=1S/C29H30N4O6S/c1-4-37-27(34)19-5-7-20(8-6-19)32-11-9-18(10-12-32)17-38-24-13-21(35-2)14-25-22(24)15-26(39-25)23-16-33-28(30-23)40-29(31-33)36-3/h5-8,13-16,18H,4,9-12,17H2,1-3H3. The summed E-state index contributed by atoms with van der Waals surface area (Å²) < 4.78 is 30.0. The minimum absolute atomic E-state index is 0.288. The number of carbonyl (C=O) groups excluding carboxylic acids is 1. The van der Waals surface area contributed by atoms with Crippen LogP contribution >= 0.6 is 11.3 Å². The summed E-state index contributed by atoms with van der Waals surface area (Å²) in [6.07, 6.45) is 3.83. The van der Waals surface area contributed by atoms with Gasteiger partial charge in [-0.3, -0.25) is 0 Å². The highest BCUT2D eigenvalue weighted by Gasteiger charge is 2.22. The van der Waals surface area contributed by atoms with E-state index in [0.29, 0.717) is 52.7 Å². The predicted octanol–water partition coefficient (Wildman–Crippen LogP) is 5.69. The summed E-state index contributed by atoms with van der Waals surface area (Å²) in [6, 6.07) is 13.4. The third-order valence-electron chi connectivity index (χ3n) is 7.09. The first kappa shape index (κ1) is 26.0. The van der Waals surface area contributed by atoms with Crippen molar-refractivity contribution in [2.75, 3.05) is 45.4 Å². The number of methoxy groups -OCH3 is 2. The molecular weight excluding hydrogens is 532 g/mol. The van der Waals surface area contributed by atoms with E-state index in [1.54, 1.807) is 18.7 Å². The number of hydrogen-bond donors (Lipinski definition) is 0. The second-order valence-corrected chi connectivity index (χ2v) is 10.5. The van der Waals surface area contributed by atoms with Crippen molar-refractivity contribution in [3.05, 3.63) is 54.2 Å². The molecule has 1 fully saturated rings. The molecule has 208 valence electrons. The number of hydrogen-bond acceptors (Lipinski definition) is 10. The number of carbonyl (C=O) groups is 1. The van der Waals surface area contributed by atoms with Crippen LogP contribution in [0, 0.1) is 5.92 Å². The number of anilines is 1. The van der Waals surface area contributed by atoms with E-state index in [2.05, 4.69) is 15.0 Å². The molecule has 0 radical (unpaired) electrons. The van der Waals surface area contributed by atoms with Crippen molar-refractivity contribution in [2.24, 2.45) is 5.92 Å². The number of imidazole rings is 1. The maximum atomic E-state index is 11.9. The summed E-state index contributed by atoms with van der Waals surface area (Å²) in [5, 5.41) is 5.77. The van der Waals surface area contributed by atoms with Gasteiger partial charge in [0.15, 0.2) is 5.76 Å². The Hall–Kier alpha value is -4.25. The van der Waals surface area contributed by atoms with Crippen molar-refractivity contribution < 1.29 is 28.2 Å². The lowest BCUT2D eigenvalue weighted by molar-refractivity contribution is 0.0526. The quantitative estimate of drug-likeness (QED) is 0.210. The lowest BCUT2D eigenvalue weighted by Crippen LogP contribution is -2.35. The second-order valence-electron chi connectivity index (χ2n) is 9.58. The molecule has 1 aliphatic rings. The molecule has 2 aromatic carbocycles. The Morgan fingerprint density at radius 1 is 1.10 bits per heavy atom. The fourth-order valence-electron chi connectivity index (χ4n) is 4.92. The Labute approximate surface area is 235 Å². The van der Waals surface area contributed by atoms with Crippen LogP contribution in [0.25, 0.3) is 27.4 Å². The van der Waals surface area contributed by atoms with Crippen molar-refractivity contribution in [3.63, 3.8) is 0 Å². The van der Waals surface area contributed by atoms with Crippen LogP contribution in [0.15, 0.2) is 53.1 Å². The van der Waals surface area contributed by atoms with Crippen LogP contribution in [0.5, 0.6) is 16.7 Å². The van der Waals surface area contributed by atoms with E-state index in [1.165, 1.54) is 11.3 Å². The summed E-state index contributed by atoms with van der Waals surface area (Å²) in [7, 11) is 3.22. The van der Waals surface area contributed by atoms with Crippen LogP contribution in [0.1, 0.15) is 30.1 Å². The highest BCUT2D eigenvalue weighted by molar-refractivity contribution is 7.18. The molecule has 11 heteroatoms. The molecule has 10 nitrogen and oxygen atoms in total. The van der Waals surface area contributed by atoms with E-state index in [9.17, 15) is 4.79 Å². The van der Waals surface area contributed by atoms with Crippen LogP contribution in [0.2, 0.25) is 0 Å². The molecule has 0 bridgehead atoms. The van der Waals surface area contributed by atoms with Gasteiger partial charge < -0.3 is 28.3 Å². The van der Waals surface area contributed by atoms with E-state index < -0.39 is 0 Å². The smallest absolute Gasteiger partial charge is 0.338 e. The van der Waals surface area contributed by atoms with Gasteiger partial charge in [0, 0.05) is 30.9 Å². The minimum Gasteiger partial charge on any atom is -0.496 e. The highest BCUT2D eigenvalue weighted by atomic mass is 32.1. The van der Waals surface area contributed by atoms with Crippen molar-refractivity contribution in [1.29, 1.82) is 0 Å². The van der Waals surface area contributed by atoms with Crippen molar-refractivity contribution >= 4 is 38.9 Å². The Balaban J connectivity index is 1.12. The van der Waals surface area contributed by atoms with Gasteiger partial charge in [-0.2, -0.15) is 0 Å². The fourth-order valence-corrected chi connectivity index (χ4v) is 5.62. The topological polar surface area (TPSA) is 101 Å². The van der Waals surface area contributed by atoms with Gasteiger partial charge in [0.2, 0.25) is 4.96 Å². The van der Waals surface area contributed by atoms with Crippen molar-refractivity contribution in [3.8, 4) is 28.1 Å². The molecule has 5 aromatic rings. The van der Waals surface area contributed by atoms with E-state index in [1.807, 2.05) is 55.6 Å². The average molecular weight is 563 g/mol. The van der Waals surface area contributed by atoms with Gasteiger partial charge in [-0.05, 0) is 67.4 Å². The molecule has 3 aromatic heterocycles. The first-order valence-electron chi connectivity index (χ1n) is 13.2. The molecule has 40 heavy (non-hydrogen) atoms. The Kier molecular flexibility index (Phi) is 7.21. The number of piperidine rings is 1. The monoisotopic (exact) mass is 562 g/mol. The Morgan fingerprint density at radius 3 is 2.60 bits per heavy atom. The first-order chi connectivity index (χ1) is 19.5. The van der Waals surface area contributed by atoms with Gasteiger partial charge in [0.05, 0.1) is 44.6 Å². The minimum atomic E-state index is -0.288. The van der Waals surface area contributed by atoms with Gasteiger partial charge in [-0.15, -0.1) is 5.10 Å². The zero-order chi connectivity index (χ0) is 27.6. The van der Waals surface area contributed by atoms with Crippen LogP contribution in [-0.4, -0.2) is 61.1 Å². The molecule has 1 saturated heterocycles. The number of ether oxygens (including phenoxy) is 4. The van der Waals surface area contributed by atoms with Gasteiger partial charge in [-0.25, -0.2) is 14.3 Å². The number of aromatic nitrogens is 3. The molecular formula is C29H30N4O6S. The van der Waals surface area contributed by atoms with E-state index in [-0.39, 0.29) is 5.97 Å². The number of furan rings is 1. The number of esters is 1. The summed E-state index contributed by atoms with van der Waals surface area (Å²) in [5.41, 5.74) is 3.05. The summed E-state index contributed by atoms with van der Waals surface area (Å²) >= 11 is 1.36. The molecule has 6 rings (SSSR count). The predicted molar refractivity (Wildman–Crippen MR) is 152 cm³/mol. The van der Waals surface area contributed by atoms with Crippen LogP contribution in [-0.2, 0) is 4.74 Å². The highest BCUT2D eigenvalue weighted by Crippen LogP contribution is 2.38. The Bertz CT molecular complexity index is 1600. The van der Waals surface area contributed by atoms with Gasteiger partial charge >= 0.3 is 5.97 Å². The molecule has 1 aliphatic heterocycles. The van der Waals surface area contributed by atoms with Crippen LogP contribution in [0.4, 0.5) is 5.69 Å². The lowest BCUT2D eigenvalue weighted by atomic mass is 9.97. The molecule has 0 unspecified atom stereocenters. The summed E-state index contributed by atoms with van der Waals surface area (Å²) in [6.45, 7) is 4.63. The molecule has 4 heterocycles. The normalized spacial score (nSPS) is 14.1. The van der Waals surface area contributed by atoms with E-state index in [4.69, 9.17) is 23.4 Å². The zero-order valence-corrected chi connectivity index (χ0v) is 23.4. The molecule has 0 saturated carbocycles. The molecule has 0 aliphatic carbocycles. The zero-order valence-electron chi connectivity index (χ0n) is 22.6. The van der Waals surface area contributed by atoms with Crippen LogP contribution < -0.4 is 19.1 Å². The molecule has 0 N–H and O–H groups in total. The maximum absolute atomic E-state index is 11.9. The van der Waals surface area contributed by atoms with Crippen LogP contribution in [0.3, 0.4) is 0 Å². The summed E-state index contributed by atoms with van der Waals surface area (Å²) in [5.74, 6) is 2.16. The lowest BCUT2D eigenvalue weighted by Gasteiger charge is -2.33. The van der Waals surface area contributed by atoms with E-state index in [0.717, 1.165) is 47.7 Å². The van der Waals surface area contributed by atoms with Gasteiger partial charge in [-0.1, -0.05) is 0 Å². The van der Waals surface area contributed by atoms with E-state index >= 15 is 0 Å². The number of rotatable bonds is 9. The average Bonchev–Trinajstić information content (AvgIpc) is 3.69. The van der Waals surface area contributed by atoms with Gasteiger partial charge in [0.25, 0.3) is 5.19 Å². The third-order valence-corrected chi connectivity index (χ3v) is 7.98. The first-order valence-corrected chi connectivity index (χ1v) is 14.0. The Morgan fingerprint density at radius 2 is 1.90 bits per heavy atom. The number of benzene rings is 2. The SMILES string of the molecule is CCOC(=O)c1ccc(N2CCC(COc3cc(OC)cc4oc(-c5cn6nc(OC)sc6n5)cc34)CC2)cc1.